The van der Waals surface area contributed by atoms with Gasteiger partial charge in [-0.1, -0.05) is 5.21 Å². The maximum atomic E-state index is 12.2. The lowest BCUT2D eigenvalue weighted by Gasteiger charge is -2.14. The Morgan fingerprint density at radius 2 is 1.96 bits per heavy atom. The summed E-state index contributed by atoms with van der Waals surface area (Å²) in [5.74, 6) is -1.38. The molecule has 1 aromatic carbocycles. The number of nitrogens with one attached hydrogen (secondary N) is 2. The first kappa shape index (κ1) is 18.4. The third-order valence-corrected chi connectivity index (χ3v) is 3.36. The van der Waals surface area contributed by atoms with E-state index in [2.05, 4.69) is 20.9 Å². The highest BCUT2D eigenvalue weighted by Gasteiger charge is 2.21. The van der Waals surface area contributed by atoms with E-state index in [0.29, 0.717) is 12.1 Å². The summed E-state index contributed by atoms with van der Waals surface area (Å²) in [6.45, 7) is 7.51. The van der Waals surface area contributed by atoms with Crippen molar-refractivity contribution < 1.29 is 19.1 Å². The number of hydrogen-bond donors (Lipinski definition) is 2. The highest BCUT2D eigenvalue weighted by atomic mass is 16.5. The molecule has 0 spiro atoms. The molecule has 0 unspecified atom stereocenters. The van der Waals surface area contributed by atoms with Crippen molar-refractivity contribution in [2.75, 3.05) is 0 Å². The molecule has 0 bridgehead atoms. The van der Waals surface area contributed by atoms with E-state index in [1.165, 1.54) is 6.92 Å². The predicted molar refractivity (Wildman–Crippen MR) is 89.9 cm³/mol. The van der Waals surface area contributed by atoms with Crippen LogP contribution in [-0.2, 0) is 16.1 Å². The quantitative estimate of drug-likeness (QED) is 0.786. The van der Waals surface area contributed by atoms with Crippen LogP contribution in [0, 0.1) is 0 Å². The minimum atomic E-state index is -1.12. The van der Waals surface area contributed by atoms with Crippen LogP contribution in [0.2, 0.25) is 0 Å². The second kappa shape index (κ2) is 7.73. The van der Waals surface area contributed by atoms with E-state index in [0.717, 1.165) is 5.52 Å². The highest BCUT2D eigenvalue weighted by Crippen LogP contribution is 2.14. The van der Waals surface area contributed by atoms with E-state index in [4.69, 9.17) is 4.74 Å². The molecule has 2 N–H and O–H groups in total. The number of amides is 3. The normalized spacial score (nSPS) is 12.0. The van der Waals surface area contributed by atoms with E-state index >= 15 is 0 Å². The Hall–Kier alpha value is -2.97. The maximum absolute atomic E-state index is 12.2. The Morgan fingerprint density at radius 3 is 2.60 bits per heavy atom. The van der Waals surface area contributed by atoms with Gasteiger partial charge in [0, 0.05) is 12.6 Å². The van der Waals surface area contributed by atoms with Gasteiger partial charge in [0.05, 0.1) is 11.1 Å². The second-order valence-corrected chi connectivity index (χ2v) is 5.77. The number of nitrogens with zero attached hydrogens (tertiary/aromatic N) is 3. The summed E-state index contributed by atoms with van der Waals surface area (Å²) >= 11 is 0. The molecule has 1 aromatic heterocycles. The summed E-state index contributed by atoms with van der Waals surface area (Å²) in [6.07, 6.45) is -1.12. The minimum Gasteiger partial charge on any atom is -0.449 e. The Morgan fingerprint density at radius 1 is 1.24 bits per heavy atom. The van der Waals surface area contributed by atoms with Gasteiger partial charge in [-0.2, -0.15) is 0 Å². The van der Waals surface area contributed by atoms with Gasteiger partial charge in [0.2, 0.25) is 0 Å². The number of carbonyl (C=O) groups excluding carboxylic acids is 3. The zero-order valence-electron chi connectivity index (χ0n) is 14.6. The zero-order valence-corrected chi connectivity index (χ0v) is 14.6. The summed E-state index contributed by atoms with van der Waals surface area (Å²) in [4.78, 5) is 35.6. The molecule has 3 amide bonds. The molecular weight excluding hydrogens is 326 g/mol. The average Bonchev–Trinajstić information content (AvgIpc) is 2.95. The maximum Gasteiger partial charge on any atom is 0.338 e. The fraction of sp³-hybridized carbons (Fsp3) is 0.438. The van der Waals surface area contributed by atoms with E-state index in [9.17, 15) is 14.4 Å². The summed E-state index contributed by atoms with van der Waals surface area (Å²) in [5, 5.41) is 12.6. The largest absolute Gasteiger partial charge is 0.449 e. The van der Waals surface area contributed by atoms with Gasteiger partial charge in [-0.15, -0.1) is 5.10 Å². The van der Waals surface area contributed by atoms with Crippen molar-refractivity contribution in [1.29, 1.82) is 0 Å². The summed E-state index contributed by atoms with van der Waals surface area (Å²) < 4.78 is 6.80. The summed E-state index contributed by atoms with van der Waals surface area (Å²) in [7, 11) is 0. The second-order valence-electron chi connectivity index (χ2n) is 5.77. The Bertz CT molecular complexity index is 799. The smallest absolute Gasteiger partial charge is 0.338 e. The first-order valence-electron chi connectivity index (χ1n) is 7.97. The lowest BCUT2D eigenvalue weighted by Crippen LogP contribution is -2.46. The number of imide groups is 1. The molecule has 0 aliphatic rings. The van der Waals surface area contributed by atoms with E-state index < -0.39 is 24.0 Å². The van der Waals surface area contributed by atoms with Crippen molar-refractivity contribution in [2.24, 2.45) is 0 Å². The molecule has 0 saturated heterocycles. The van der Waals surface area contributed by atoms with Crippen molar-refractivity contribution in [2.45, 2.75) is 46.4 Å². The van der Waals surface area contributed by atoms with Crippen molar-refractivity contribution in [3.63, 3.8) is 0 Å². The predicted octanol–water partition coefficient (Wildman–Crippen LogP) is 1.23. The van der Waals surface area contributed by atoms with Gasteiger partial charge in [0.25, 0.3) is 5.91 Å². The number of fused-ring (bicyclic) bond motifs is 1. The van der Waals surface area contributed by atoms with Gasteiger partial charge in [-0.05, 0) is 45.9 Å². The molecular formula is C16H21N5O4. The van der Waals surface area contributed by atoms with Crippen molar-refractivity contribution in [3.8, 4) is 0 Å². The third kappa shape index (κ3) is 4.52. The van der Waals surface area contributed by atoms with Crippen LogP contribution in [0.3, 0.4) is 0 Å². The average molecular weight is 347 g/mol. The first-order chi connectivity index (χ1) is 11.8. The molecule has 25 heavy (non-hydrogen) atoms. The molecule has 1 atom stereocenters. The number of aryl methyl sites for hydroxylation is 1. The molecule has 2 rings (SSSR count). The van der Waals surface area contributed by atoms with Crippen LogP contribution in [0.25, 0.3) is 11.0 Å². The molecule has 0 radical (unpaired) electrons. The number of esters is 1. The van der Waals surface area contributed by atoms with Crippen LogP contribution in [0.5, 0.6) is 0 Å². The lowest BCUT2D eigenvalue weighted by atomic mass is 10.2. The van der Waals surface area contributed by atoms with Gasteiger partial charge in [-0.25, -0.2) is 14.3 Å². The number of urea groups is 1. The van der Waals surface area contributed by atoms with Gasteiger partial charge in [0.15, 0.2) is 6.10 Å². The fourth-order valence-electron chi connectivity index (χ4n) is 2.13. The van der Waals surface area contributed by atoms with Crippen molar-refractivity contribution >= 4 is 28.9 Å². The van der Waals surface area contributed by atoms with E-state index in [1.54, 1.807) is 36.7 Å². The van der Waals surface area contributed by atoms with Gasteiger partial charge in [-0.3, -0.25) is 10.1 Å². The van der Waals surface area contributed by atoms with Gasteiger partial charge in [0.1, 0.15) is 5.52 Å². The molecule has 1 heterocycles. The number of carbonyl (C=O) groups is 3. The Kier molecular flexibility index (Phi) is 5.68. The van der Waals surface area contributed by atoms with Crippen LogP contribution in [0.15, 0.2) is 18.2 Å². The number of hydrogen-bond acceptors (Lipinski definition) is 6. The fourth-order valence-corrected chi connectivity index (χ4v) is 2.13. The standard InChI is InChI=1S/C16H21N5O4/c1-5-21-13-7-6-11(8-12(13)19-20-21)15(23)25-10(4)14(22)18-16(24)17-9(2)3/h6-10H,5H2,1-4H3,(H2,17,18,22,24)/t10-/m1/s1. The molecule has 9 nitrogen and oxygen atoms in total. The molecule has 134 valence electrons. The monoisotopic (exact) mass is 347 g/mol. The number of rotatable bonds is 5. The lowest BCUT2D eigenvalue weighted by molar-refractivity contribution is -0.127. The number of ether oxygens (including phenoxy) is 1. The topological polar surface area (TPSA) is 115 Å². The van der Waals surface area contributed by atoms with Crippen molar-refractivity contribution in [3.05, 3.63) is 23.8 Å². The van der Waals surface area contributed by atoms with Crippen LogP contribution < -0.4 is 10.6 Å². The zero-order chi connectivity index (χ0) is 18.6. The van der Waals surface area contributed by atoms with Gasteiger partial charge < -0.3 is 10.1 Å². The third-order valence-electron chi connectivity index (χ3n) is 3.36. The molecule has 9 heteroatoms. The Labute approximate surface area is 144 Å². The molecule has 0 saturated carbocycles. The minimum absolute atomic E-state index is 0.117. The first-order valence-corrected chi connectivity index (χ1v) is 7.97. The van der Waals surface area contributed by atoms with E-state index in [-0.39, 0.29) is 11.6 Å². The number of aromatic nitrogens is 3. The van der Waals surface area contributed by atoms with E-state index in [1.807, 2.05) is 6.92 Å². The van der Waals surface area contributed by atoms with Crippen LogP contribution in [0.4, 0.5) is 4.79 Å². The Balaban J connectivity index is 2.01. The SMILES string of the molecule is CCn1nnc2cc(C(=O)O[C@H](C)C(=O)NC(=O)NC(C)C)ccc21. The molecule has 0 aliphatic carbocycles. The van der Waals surface area contributed by atoms with Crippen LogP contribution in [0.1, 0.15) is 38.1 Å². The summed E-state index contributed by atoms with van der Waals surface area (Å²) in [6, 6.07) is 4.09. The molecule has 0 fully saturated rings. The summed E-state index contributed by atoms with van der Waals surface area (Å²) in [5.41, 5.74) is 1.61. The molecule has 2 aromatic rings. The van der Waals surface area contributed by atoms with Crippen LogP contribution >= 0.6 is 0 Å². The molecule has 0 aliphatic heterocycles. The van der Waals surface area contributed by atoms with Crippen molar-refractivity contribution in [1.82, 2.24) is 25.6 Å². The van der Waals surface area contributed by atoms with Crippen LogP contribution in [-0.4, -0.2) is 45.0 Å². The highest BCUT2D eigenvalue weighted by molar-refractivity contribution is 5.99. The van der Waals surface area contributed by atoms with Gasteiger partial charge >= 0.3 is 12.0 Å². The number of benzene rings is 1.